The summed E-state index contributed by atoms with van der Waals surface area (Å²) in [7, 11) is 0. The predicted octanol–water partition coefficient (Wildman–Crippen LogP) is 1.97. The van der Waals surface area contributed by atoms with Gasteiger partial charge in [0.1, 0.15) is 0 Å². The molecule has 1 saturated heterocycles. The van der Waals surface area contributed by atoms with Crippen molar-refractivity contribution < 1.29 is 19.4 Å². The number of carboxylic acid groups (broad SMARTS) is 1. The van der Waals surface area contributed by atoms with Gasteiger partial charge in [-0.3, -0.25) is 9.59 Å². The van der Waals surface area contributed by atoms with Crippen molar-refractivity contribution in [3.8, 4) is 0 Å². The van der Waals surface area contributed by atoms with Gasteiger partial charge >= 0.3 is 11.9 Å². The van der Waals surface area contributed by atoms with Gasteiger partial charge in [0.05, 0.1) is 18.9 Å². The SMILES string of the molecule is CCCC1(CC(=O)O)CC(=O)OC(C)C1. The molecule has 0 spiro atoms. The second-order valence-corrected chi connectivity index (χ2v) is 4.50. The number of hydrogen-bond donors (Lipinski definition) is 1. The van der Waals surface area contributed by atoms with Crippen LogP contribution in [0.5, 0.6) is 0 Å². The van der Waals surface area contributed by atoms with Gasteiger partial charge in [-0.1, -0.05) is 13.3 Å². The minimum atomic E-state index is -0.828. The second kappa shape index (κ2) is 4.64. The number of carbonyl (C=O) groups is 2. The number of esters is 1. The summed E-state index contributed by atoms with van der Waals surface area (Å²) in [6, 6.07) is 0. The summed E-state index contributed by atoms with van der Waals surface area (Å²) in [5.41, 5.74) is -0.380. The molecule has 1 heterocycles. The van der Waals surface area contributed by atoms with Crippen LogP contribution in [0, 0.1) is 5.41 Å². The van der Waals surface area contributed by atoms with Crippen molar-refractivity contribution in [2.24, 2.45) is 5.41 Å². The average Bonchev–Trinajstić information content (AvgIpc) is 1.99. The number of aliphatic carboxylic acids is 1. The molecular weight excluding hydrogens is 196 g/mol. The maximum atomic E-state index is 11.3. The first-order chi connectivity index (χ1) is 6.97. The van der Waals surface area contributed by atoms with E-state index in [0.717, 1.165) is 12.8 Å². The molecule has 0 aromatic heterocycles. The molecule has 0 amide bonds. The Morgan fingerprint density at radius 3 is 2.80 bits per heavy atom. The first-order valence-electron chi connectivity index (χ1n) is 5.39. The molecule has 0 aromatic carbocycles. The van der Waals surface area contributed by atoms with Crippen LogP contribution in [0.1, 0.15) is 46.0 Å². The van der Waals surface area contributed by atoms with E-state index in [4.69, 9.17) is 9.84 Å². The van der Waals surface area contributed by atoms with Crippen LogP contribution in [0.2, 0.25) is 0 Å². The fourth-order valence-electron chi connectivity index (χ4n) is 2.56. The summed E-state index contributed by atoms with van der Waals surface area (Å²) in [4.78, 5) is 22.1. The second-order valence-electron chi connectivity index (χ2n) is 4.50. The number of cyclic esters (lactones) is 1. The molecule has 0 bridgehead atoms. The molecule has 0 aliphatic carbocycles. The van der Waals surface area contributed by atoms with E-state index < -0.39 is 5.97 Å². The molecule has 1 aliphatic rings. The smallest absolute Gasteiger partial charge is 0.306 e. The van der Waals surface area contributed by atoms with Gasteiger partial charge in [-0.2, -0.15) is 0 Å². The first-order valence-corrected chi connectivity index (χ1v) is 5.39. The highest BCUT2D eigenvalue weighted by molar-refractivity contribution is 5.74. The summed E-state index contributed by atoms with van der Waals surface area (Å²) < 4.78 is 5.04. The molecule has 1 rings (SSSR count). The van der Waals surface area contributed by atoms with Crippen LogP contribution < -0.4 is 0 Å². The topological polar surface area (TPSA) is 63.6 Å². The van der Waals surface area contributed by atoms with Crippen LogP contribution >= 0.6 is 0 Å². The van der Waals surface area contributed by atoms with Crippen LogP contribution in [0.25, 0.3) is 0 Å². The first kappa shape index (κ1) is 12.0. The molecule has 0 radical (unpaired) electrons. The van der Waals surface area contributed by atoms with Gasteiger partial charge in [-0.15, -0.1) is 0 Å². The monoisotopic (exact) mass is 214 g/mol. The maximum absolute atomic E-state index is 11.3. The highest BCUT2D eigenvalue weighted by Gasteiger charge is 2.40. The summed E-state index contributed by atoms with van der Waals surface area (Å²) in [6.45, 7) is 3.83. The van der Waals surface area contributed by atoms with Gasteiger partial charge in [-0.05, 0) is 25.2 Å². The normalized spacial score (nSPS) is 31.1. The van der Waals surface area contributed by atoms with Gasteiger partial charge in [0, 0.05) is 0 Å². The zero-order valence-corrected chi connectivity index (χ0v) is 9.28. The van der Waals surface area contributed by atoms with E-state index >= 15 is 0 Å². The lowest BCUT2D eigenvalue weighted by atomic mass is 9.72. The summed E-state index contributed by atoms with van der Waals surface area (Å²) in [6.07, 6.45) is 2.50. The zero-order chi connectivity index (χ0) is 11.5. The minimum absolute atomic E-state index is 0.0697. The van der Waals surface area contributed by atoms with Crippen LogP contribution in [-0.2, 0) is 14.3 Å². The number of carboxylic acids is 1. The lowest BCUT2D eigenvalue weighted by Crippen LogP contribution is -2.38. The highest BCUT2D eigenvalue weighted by Crippen LogP contribution is 2.41. The quantitative estimate of drug-likeness (QED) is 0.727. The molecule has 2 unspecified atom stereocenters. The third-order valence-corrected chi connectivity index (χ3v) is 2.88. The molecule has 4 nitrogen and oxygen atoms in total. The van der Waals surface area contributed by atoms with E-state index in [1.807, 2.05) is 13.8 Å². The molecular formula is C11H18O4. The van der Waals surface area contributed by atoms with Crippen molar-refractivity contribution in [3.05, 3.63) is 0 Å². The fourth-order valence-corrected chi connectivity index (χ4v) is 2.56. The minimum Gasteiger partial charge on any atom is -0.481 e. The van der Waals surface area contributed by atoms with Gasteiger partial charge in [0.15, 0.2) is 0 Å². The van der Waals surface area contributed by atoms with E-state index in [0.29, 0.717) is 6.42 Å². The largest absolute Gasteiger partial charge is 0.481 e. The Morgan fingerprint density at radius 2 is 2.33 bits per heavy atom. The molecule has 1 N–H and O–H groups in total. The number of rotatable bonds is 4. The third-order valence-electron chi connectivity index (χ3n) is 2.88. The van der Waals surface area contributed by atoms with E-state index in [9.17, 15) is 9.59 Å². The van der Waals surface area contributed by atoms with E-state index in [1.165, 1.54) is 0 Å². The number of carbonyl (C=O) groups excluding carboxylic acids is 1. The molecule has 1 aliphatic heterocycles. The standard InChI is InChI=1S/C11H18O4/c1-3-4-11(6-9(12)13)5-8(2)15-10(14)7-11/h8H,3-7H2,1-2H3,(H,12,13). The van der Waals surface area contributed by atoms with Crippen molar-refractivity contribution in [2.75, 3.05) is 0 Å². The number of ether oxygens (including phenoxy) is 1. The number of hydrogen-bond acceptors (Lipinski definition) is 3. The van der Waals surface area contributed by atoms with Gasteiger partial charge in [-0.25, -0.2) is 0 Å². The van der Waals surface area contributed by atoms with Crippen molar-refractivity contribution in [1.29, 1.82) is 0 Å². The Balaban J connectivity index is 2.78. The molecule has 15 heavy (non-hydrogen) atoms. The average molecular weight is 214 g/mol. The molecule has 86 valence electrons. The molecule has 2 atom stereocenters. The van der Waals surface area contributed by atoms with Gasteiger partial charge in [0.25, 0.3) is 0 Å². The Bertz CT molecular complexity index is 257. The lowest BCUT2D eigenvalue weighted by molar-refractivity contribution is -0.163. The van der Waals surface area contributed by atoms with E-state index in [1.54, 1.807) is 0 Å². The molecule has 1 fully saturated rings. The predicted molar refractivity (Wildman–Crippen MR) is 54.4 cm³/mol. The Labute approximate surface area is 89.6 Å². The van der Waals surface area contributed by atoms with Crippen LogP contribution in [0.3, 0.4) is 0 Å². The molecule has 0 aromatic rings. The third kappa shape index (κ3) is 3.22. The van der Waals surface area contributed by atoms with Crippen molar-refractivity contribution in [3.63, 3.8) is 0 Å². The van der Waals surface area contributed by atoms with Crippen molar-refractivity contribution in [2.45, 2.75) is 52.1 Å². The summed E-state index contributed by atoms with van der Waals surface area (Å²) in [5, 5.41) is 8.88. The van der Waals surface area contributed by atoms with E-state index in [2.05, 4.69) is 0 Å². The maximum Gasteiger partial charge on any atom is 0.306 e. The summed E-state index contributed by atoms with van der Waals surface area (Å²) in [5.74, 6) is -1.09. The Hall–Kier alpha value is -1.06. The van der Waals surface area contributed by atoms with Crippen molar-refractivity contribution >= 4 is 11.9 Å². The lowest BCUT2D eigenvalue weighted by Gasteiger charge is -2.37. The summed E-state index contributed by atoms with van der Waals surface area (Å²) >= 11 is 0. The Morgan fingerprint density at radius 1 is 1.67 bits per heavy atom. The van der Waals surface area contributed by atoms with Crippen molar-refractivity contribution in [1.82, 2.24) is 0 Å². The highest BCUT2D eigenvalue weighted by atomic mass is 16.5. The zero-order valence-electron chi connectivity index (χ0n) is 9.28. The van der Waals surface area contributed by atoms with Crippen LogP contribution in [0.4, 0.5) is 0 Å². The fraction of sp³-hybridized carbons (Fsp3) is 0.818. The molecule has 0 saturated carbocycles. The van der Waals surface area contributed by atoms with Crippen LogP contribution in [0.15, 0.2) is 0 Å². The Kier molecular flexibility index (Phi) is 3.72. The van der Waals surface area contributed by atoms with Gasteiger partial charge in [0.2, 0.25) is 0 Å². The van der Waals surface area contributed by atoms with Gasteiger partial charge < -0.3 is 9.84 Å². The van der Waals surface area contributed by atoms with Crippen LogP contribution in [-0.4, -0.2) is 23.1 Å². The van der Waals surface area contributed by atoms with E-state index in [-0.39, 0.29) is 30.3 Å². The molecule has 4 heteroatoms.